The number of hydrogen-bond donors (Lipinski definition) is 0. The molecule has 0 saturated heterocycles. The summed E-state index contributed by atoms with van der Waals surface area (Å²) < 4.78 is 18.7. The second-order valence-corrected chi connectivity index (χ2v) is 5.69. The van der Waals surface area contributed by atoms with E-state index < -0.39 is 17.9 Å². The minimum absolute atomic E-state index is 0.0913. The third kappa shape index (κ3) is 4.52. The molecule has 24 heavy (non-hydrogen) atoms. The predicted octanol–water partition coefficient (Wildman–Crippen LogP) is 4.62. The second kappa shape index (κ2) is 7.88. The van der Waals surface area contributed by atoms with Crippen LogP contribution in [0.15, 0.2) is 48.5 Å². The van der Waals surface area contributed by atoms with E-state index in [1.165, 1.54) is 31.2 Å². The lowest BCUT2D eigenvalue weighted by Crippen LogP contribution is -2.23. The van der Waals surface area contributed by atoms with Crippen molar-refractivity contribution in [3.8, 4) is 0 Å². The van der Waals surface area contributed by atoms with Gasteiger partial charge in [0.05, 0.1) is 5.02 Å². The number of carbonyl (C=O) groups excluding carboxylic acids is 2. The van der Waals surface area contributed by atoms with Crippen molar-refractivity contribution in [1.82, 2.24) is 0 Å². The molecule has 2 aromatic rings. The van der Waals surface area contributed by atoms with Crippen LogP contribution in [0.5, 0.6) is 0 Å². The van der Waals surface area contributed by atoms with Crippen LogP contribution in [-0.4, -0.2) is 17.9 Å². The van der Waals surface area contributed by atoms with Crippen LogP contribution in [0.3, 0.4) is 0 Å². The Balaban J connectivity index is 2.02. The van der Waals surface area contributed by atoms with Crippen molar-refractivity contribution in [3.63, 3.8) is 0 Å². The van der Waals surface area contributed by atoms with Gasteiger partial charge in [-0.15, -0.1) is 0 Å². The molecule has 0 aliphatic carbocycles. The SMILES string of the molecule is Cc1ccc(C(=O)[C@H](C)OC(=O)/C=C/c2c(F)cccc2Cl)cc1. The van der Waals surface area contributed by atoms with Gasteiger partial charge < -0.3 is 4.74 Å². The highest BCUT2D eigenvalue weighted by Crippen LogP contribution is 2.20. The van der Waals surface area contributed by atoms with Gasteiger partial charge in [-0.25, -0.2) is 9.18 Å². The number of halogens is 2. The van der Waals surface area contributed by atoms with Crippen molar-refractivity contribution >= 4 is 29.4 Å². The van der Waals surface area contributed by atoms with Crippen LogP contribution in [0, 0.1) is 12.7 Å². The molecule has 2 rings (SSSR count). The molecular weight excluding hydrogens is 331 g/mol. The standard InChI is InChI=1S/C19H16ClFO3/c1-12-6-8-14(9-7-12)19(23)13(2)24-18(22)11-10-15-16(20)4-3-5-17(15)21/h3-11,13H,1-2H3/b11-10+/t13-/m0/s1. The van der Waals surface area contributed by atoms with E-state index in [-0.39, 0.29) is 16.4 Å². The van der Waals surface area contributed by atoms with Crippen LogP contribution in [0.1, 0.15) is 28.4 Å². The van der Waals surface area contributed by atoms with E-state index in [1.807, 2.05) is 19.1 Å². The highest BCUT2D eigenvalue weighted by atomic mass is 35.5. The zero-order valence-electron chi connectivity index (χ0n) is 13.3. The van der Waals surface area contributed by atoms with Gasteiger partial charge in [0, 0.05) is 17.2 Å². The Morgan fingerprint density at radius 1 is 1.17 bits per heavy atom. The van der Waals surface area contributed by atoms with E-state index in [2.05, 4.69) is 0 Å². The third-order valence-electron chi connectivity index (χ3n) is 3.38. The van der Waals surface area contributed by atoms with Gasteiger partial charge in [-0.3, -0.25) is 4.79 Å². The minimum atomic E-state index is -0.944. The topological polar surface area (TPSA) is 43.4 Å². The Kier molecular flexibility index (Phi) is 5.88. The van der Waals surface area contributed by atoms with Crippen molar-refractivity contribution in [2.45, 2.75) is 20.0 Å². The number of benzene rings is 2. The van der Waals surface area contributed by atoms with Crippen molar-refractivity contribution in [3.05, 3.63) is 76.1 Å². The van der Waals surface area contributed by atoms with Gasteiger partial charge in [0.2, 0.25) is 5.78 Å². The monoisotopic (exact) mass is 346 g/mol. The molecule has 5 heteroatoms. The Labute approximate surface area is 144 Å². The first kappa shape index (κ1) is 17.9. The van der Waals surface area contributed by atoms with Gasteiger partial charge in [-0.1, -0.05) is 47.5 Å². The Hall–Kier alpha value is -2.46. The zero-order chi connectivity index (χ0) is 17.7. The van der Waals surface area contributed by atoms with Gasteiger partial charge in [0.1, 0.15) is 5.82 Å². The highest BCUT2D eigenvalue weighted by Gasteiger charge is 2.18. The lowest BCUT2D eigenvalue weighted by atomic mass is 10.1. The summed E-state index contributed by atoms with van der Waals surface area (Å²) in [5, 5.41) is 0.183. The van der Waals surface area contributed by atoms with Gasteiger partial charge in [-0.05, 0) is 32.1 Å². The second-order valence-electron chi connectivity index (χ2n) is 5.28. The van der Waals surface area contributed by atoms with Crippen LogP contribution in [0.4, 0.5) is 4.39 Å². The van der Waals surface area contributed by atoms with Crippen LogP contribution >= 0.6 is 11.6 Å². The van der Waals surface area contributed by atoms with Crippen molar-refractivity contribution < 1.29 is 18.7 Å². The van der Waals surface area contributed by atoms with Crippen molar-refractivity contribution in [1.29, 1.82) is 0 Å². The van der Waals surface area contributed by atoms with Gasteiger partial charge in [0.25, 0.3) is 0 Å². The molecule has 0 bridgehead atoms. The first-order chi connectivity index (χ1) is 11.4. The number of rotatable bonds is 5. The molecular formula is C19H16ClFO3. The average molecular weight is 347 g/mol. The number of hydrogen-bond acceptors (Lipinski definition) is 3. The first-order valence-corrected chi connectivity index (χ1v) is 7.70. The summed E-state index contributed by atoms with van der Waals surface area (Å²) in [6.07, 6.45) is 1.33. The molecule has 3 nitrogen and oxygen atoms in total. The fraction of sp³-hybridized carbons (Fsp3) is 0.158. The largest absolute Gasteiger partial charge is 0.451 e. The molecule has 0 amide bonds. The van der Waals surface area contributed by atoms with Gasteiger partial charge in [-0.2, -0.15) is 0 Å². The lowest BCUT2D eigenvalue weighted by Gasteiger charge is -2.11. The number of esters is 1. The summed E-state index contributed by atoms with van der Waals surface area (Å²) in [6, 6.07) is 11.2. The normalized spacial score (nSPS) is 12.2. The lowest BCUT2D eigenvalue weighted by molar-refractivity contribution is -0.140. The molecule has 0 heterocycles. The maximum absolute atomic E-state index is 13.6. The Bertz CT molecular complexity index is 761. The maximum Gasteiger partial charge on any atom is 0.331 e. The Morgan fingerprint density at radius 3 is 2.46 bits per heavy atom. The summed E-state index contributed by atoms with van der Waals surface area (Å²) in [6.45, 7) is 3.40. The molecule has 0 aliphatic heterocycles. The molecule has 0 fully saturated rings. The highest BCUT2D eigenvalue weighted by molar-refractivity contribution is 6.32. The van der Waals surface area contributed by atoms with E-state index in [0.717, 1.165) is 11.6 Å². The van der Waals surface area contributed by atoms with Crippen LogP contribution in [0.25, 0.3) is 6.08 Å². The van der Waals surface area contributed by atoms with E-state index in [4.69, 9.17) is 16.3 Å². The predicted molar refractivity (Wildman–Crippen MR) is 91.5 cm³/mol. The minimum Gasteiger partial charge on any atom is -0.451 e. The van der Waals surface area contributed by atoms with E-state index in [1.54, 1.807) is 12.1 Å². The molecule has 2 aromatic carbocycles. The summed E-state index contributed by atoms with van der Waals surface area (Å²) in [4.78, 5) is 24.0. The first-order valence-electron chi connectivity index (χ1n) is 7.32. The molecule has 0 aromatic heterocycles. The molecule has 0 spiro atoms. The molecule has 0 unspecified atom stereocenters. The maximum atomic E-state index is 13.6. The van der Waals surface area contributed by atoms with E-state index in [9.17, 15) is 14.0 Å². The van der Waals surface area contributed by atoms with Crippen molar-refractivity contribution in [2.24, 2.45) is 0 Å². The fourth-order valence-corrected chi connectivity index (χ4v) is 2.27. The quantitative estimate of drug-likeness (QED) is 0.451. The summed E-state index contributed by atoms with van der Waals surface area (Å²) in [5.41, 5.74) is 1.58. The zero-order valence-corrected chi connectivity index (χ0v) is 14.0. The van der Waals surface area contributed by atoms with E-state index >= 15 is 0 Å². The van der Waals surface area contributed by atoms with Crippen molar-refractivity contribution in [2.75, 3.05) is 0 Å². The molecule has 0 N–H and O–H groups in total. The van der Waals surface area contributed by atoms with Gasteiger partial charge in [0.15, 0.2) is 6.10 Å². The molecule has 124 valence electrons. The Morgan fingerprint density at radius 2 is 1.83 bits per heavy atom. The molecule has 0 radical (unpaired) electrons. The number of ether oxygens (including phenoxy) is 1. The van der Waals surface area contributed by atoms with Crippen LogP contribution in [0.2, 0.25) is 5.02 Å². The number of Topliss-reactive ketones (excluding diaryl/α,β-unsaturated/α-hetero) is 1. The van der Waals surface area contributed by atoms with E-state index in [0.29, 0.717) is 5.56 Å². The molecule has 1 atom stereocenters. The third-order valence-corrected chi connectivity index (χ3v) is 3.71. The van der Waals surface area contributed by atoms with Crippen LogP contribution in [-0.2, 0) is 9.53 Å². The number of ketones is 1. The number of aryl methyl sites for hydroxylation is 1. The summed E-state index contributed by atoms with van der Waals surface area (Å²) in [7, 11) is 0. The molecule has 0 aliphatic rings. The van der Waals surface area contributed by atoms with Crippen LogP contribution < -0.4 is 0 Å². The fourth-order valence-electron chi connectivity index (χ4n) is 2.04. The van der Waals surface area contributed by atoms with Gasteiger partial charge >= 0.3 is 5.97 Å². The summed E-state index contributed by atoms with van der Waals surface area (Å²) in [5.74, 6) is -1.60. The number of carbonyl (C=O) groups is 2. The summed E-state index contributed by atoms with van der Waals surface area (Å²) >= 11 is 5.86. The smallest absolute Gasteiger partial charge is 0.331 e. The average Bonchev–Trinajstić information content (AvgIpc) is 2.54. The molecule has 0 saturated carbocycles.